The number of carbonyl (C=O) groups excluding carboxylic acids is 6. The highest BCUT2D eigenvalue weighted by Crippen LogP contribution is 2.35. The van der Waals surface area contributed by atoms with Crippen molar-refractivity contribution in [1.29, 1.82) is 0 Å². The number of fused-ring (bicyclic) bond motifs is 1. The highest BCUT2D eigenvalue weighted by atomic mass is 16.5. The van der Waals surface area contributed by atoms with Gasteiger partial charge >= 0.3 is 6.09 Å². The zero-order valence-electron chi connectivity index (χ0n) is 34.8. The Labute approximate surface area is 350 Å². The summed E-state index contributed by atoms with van der Waals surface area (Å²) in [5, 5.41) is 27.8. The van der Waals surface area contributed by atoms with Crippen molar-refractivity contribution in [3.05, 3.63) is 47.8 Å². The summed E-state index contributed by atoms with van der Waals surface area (Å²) in [4.78, 5) is 82.5. The zero-order chi connectivity index (χ0) is 42.8. The van der Waals surface area contributed by atoms with E-state index in [9.17, 15) is 33.9 Å². The van der Waals surface area contributed by atoms with E-state index in [0.717, 1.165) is 50.5 Å². The van der Waals surface area contributed by atoms with Gasteiger partial charge in [-0.25, -0.2) is 9.48 Å². The number of unbranched alkanes of at least 4 members (excludes halogenated alkanes) is 1. The van der Waals surface area contributed by atoms with E-state index in [0.29, 0.717) is 37.9 Å². The van der Waals surface area contributed by atoms with Crippen LogP contribution < -0.4 is 32.5 Å². The van der Waals surface area contributed by atoms with E-state index in [4.69, 9.17) is 10.5 Å². The summed E-state index contributed by atoms with van der Waals surface area (Å²) >= 11 is 0. The van der Waals surface area contributed by atoms with E-state index in [1.807, 2.05) is 30.3 Å². The first-order chi connectivity index (χ1) is 28.8. The molecule has 3 heterocycles. The molecule has 18 nitrogen and oxygen atoms in total. The first kappa shape index (κ1) is 44.6. The number of nitrogens with two attached hydrogens (primary N) is 1. The monoisotopic (exact) mass is 834 g/mol. The predicted octanol–water partition coefficient (Wildman–Crippen LogP) is 1.63. The van der Waals surface area contributed by atoms with Gasteiger partial charge in [0.05, 0.1) is 24.0 Å². The third-order valence-corrected chi connectivity index (χ3v) is 12.6. The molecule has 2 aliphatic carbocycles. The lowest BCUT2D eigenvalue weighted by molar-refractivity contribution is -0.144. The number of aromatic nitrogens is 3. The summed E-state index contributed by atoms with van der Waals surface area (Å²) in [6.07, 6.45) is 9.71. The first-order valence-electron chi connectivity index (χ1n) is 21.6. The van der Waals surface area contributed by atoms with Crippen LogP contribution in [0.3, 0.4) is 0 Å². The minimum Gasteiger partial charge on any atom is -0.445 e. The van der Waals surface area contributed by atoms with Crippen LogP contribution in [-0.2, 0) is 40.9 Å². The van der Waals surface area contributed by atoms with Gasteiger partial charge in [0.15, 0.2) is 0 Å². The van der Waals surface area contributed by atoms with Crippen LogP contribution in [0.25, 0.3) is 0 Å². The molecular weight excluding hydrogens is 773 g/mol. The number of primary amides is 1. The standard InChI is InChI=1S/C42H62N10O8/c1-42(2,59)35-23-46-50-52(35)28-21-34(39(56)47-32(36(53)37(43)54)17-9-10-19-44-41(58)60-25-27-14-7-4-8-15-27)51(24-28)40(57)33(20-26-12-5-3-6-13-26)48-38(55)29-16-11-18-31-30(29)22-45-49-31/h4,7-8,14-15,23,26,28-34,45,49,59H,3,5-6,9-13,16-22,24-25H2,1-2H3,(H2,43,54)(H,44,58)(H,47,56)(H,48,55)/t28-,29?,30?,31?,32?,33+,34-/m0/s1. The van der Waals surface area contributed by atoms with Crippen molar-refractivity contribution in [2.75, 3.05) is 19.6 Å². The molecule has 1 aromatic carbocycles. The number of nitrogens with one attached hydrogen (secondary N) is 5. The molecule has 4 aliphatic rings. The topological polar surface area (TPSA) is 252 Å². The van der Waals surface area contributed by atoms with Crippen molar-refractivity contribution >= 4 is 35.5 Å². The molecular formula is C42H62N10O8. The van der Waals surface area contributed by atoms with Gasteiger partial charge in [-0.1, -0.05) is 74.1 Å². The van der Waals surface area contributed by atoms with E-state index in [-0.39, 0.29) is 62.2 Å². The van der Waals surface area contributed by atoms with Crippen molar-refractivity contribution in [3.8, 4) is 0 Å². The number of rotatable bonds is 18. The Morgan fingerprint density at radius 3 is 2.45 bits per heavy atom. The number of nitrogens with zero attached hydrogens (tertiary/aromatic N) is 4. The smallest absolute Gasteiger partial charge is 0.407 e. The fraction of sp³-hybridized carbons (Fsp3) is 0.667. The molecule has 328 valence electrons. The second-order valence-corrected chi connectivity index (χ2v) is 17.4. The number of ketones is 1. The maximum atomic E-state index is 15.0. The van der Waals surface area contributed by atoms with Crippen LogP contribution in [0.5, 0.6) is 0 Å². The molecule has 18 heteroatoms. The molecule has 2 saturated carbocycles. The summed E-state index contributed by atoms with van der Waals surface area (Å²) < 4.78 is 6.77. The van der Waals surface area contributed by atoms with Gasteiger partial charge in [0.25, 0.3) is 5.91 Å². The third-order valence-electron chi connectivity index (χ3n) is 12.6. The van der Waals surface area contributed by atoms with Gasteiger partial charge in [-0.3, -0.25) is 34.8 Å². The number of alkyl carbamates (subject to hydrolysis) is 1. The van der Waals surface area contributed by atoms with Crippen LogP contribution in [0.1, 0.15) is 115 Å². The molecule has 1 aromatic heterocycles. The maximum absolute atomic E-state index is 15.0. The number of hydrazine groups is 1. The van der Waals surface area contributed by atoms with Crippen LogP contribution in [-0.4, -0.2) is 104 Å². The van der Waals surface area contributed by atoms with Crippen LogP contribution in [0.2, 0.25) is 0 Å². The fourth-order valence-electron chi connectivity index (χ4n) is 9.40. The van der Waals surface area contributed by atoms with Gasteiger partial charge in [0.2, 0.25) is 23.5 Å². The van der Waals surface area contributed by atoms with Gasteiger partial charge in [-0.05, 0) is 63.9 Å². The Hall–Kier alpha value is -4.94. The van der Waals surface area contributed by atoms with E-state index in [1.165, 1.54) is 15.8 Å². The SMILES string of the molecule is CC(C)(O)c1cnnn1[C@H]1C[C@@H](C(=O)NC(CCCCNC(=O)OCc2ccccc2)C(=O)C(N)=O)N(C(=O)[C@@H](CC2CCCCC2)NC(=O)C2CCCC3NNCC32)C1. The lowest BCUT2D eigenvalue weighted by Gasteiger charge is -2.35. The van der Waals surface area contributed by atoms with E-state index in [2.05, 4.69) is 37.1 Å². The summed E-state index contributed by atoms with van der Waals surface area (Å²) in [7, 11) is 0. The van der Waals surface area contributed by atoms with Gasteiger partial charge in [0, 0.05) is 43.9 Å². The number of aliphatic hydroxyl groups is 1. The van der Waals surface area contributed by atoms with Crippen LogP contribution in [0, 0.1) is 17.8 Å². The van der Waals surface area contributed by atoms with Crippen LogP contribution >= 0.6 is 0 Å². The molecule has 0 bridgehead atoms. The number of hydrogen-bond acceptors (Lipinski definition) is 12. The van der Waals surface area contributed by atoms with Crippen LogP contribution in [0.4, 0.5) is 4.79 Å². The number of Topliss-reactive ketones (excluding diaryl/α,β-unsaturated/α-hetero) is 1. The zero-order valence-corrected chi connectivity index (χ0v) is 34.8. The average Bonchev–Trinajstić information content (AvgIpc) is 4.03. The molecule has 2 saturated heterocycles. The second kappa shape index (κ2) is 20.5. The minimum absolute atomic E-state index is 0.0167. The summed E-state index contributed by atoms with van der Waals surface area (Å²) in [6, 6.07) is 5.49. The number of carbonyl (C=O) groups is 6. The molecule has 7 atom stereocenters. The Bertz CT molecular complexity index is 1810. The number of ether oxygens (including phenoxy) is 1. The Morgan fingerprint density at radius 2 is 1.72 bits per heavy atom. The van der Waals surface area contributed by atoms with Crippen molar-refractivity contribution < 1.29 is 38.6 Å². The molecule has 6 rings (SSSR count). The molecule has 5 amide bonds. The van der Waals surface area contributed by atoms with Crippen molar-refractivity contribution in [3.63, 3.8) is 0 Å². The number of amides is 5. The molecule has 2 aliphatic heterocycles. The van der Waals surface area contributed by atoms with Gasteiger partial charge in [-0.15, -0.1) is 5.10 Å². The molecule has 8 N–H and O–H groups in total. The van der Waals surface area contributed by atoms with Gasteiger partial charge in [-0.2, -0.15) is 0 Å². The molecule has 4 unspecified atom stereocenters. The quantitative estimate of drug-likeness (QED) is 0.0837. The van der Waals surface area contributed by atoms with E-state index in [1.54, 1.807) is 13.8 Å². The average molecular weight is 835 g/mol. The largest absolute Gasteiger partial charge is 0.445 e. The Morgan fingerprint density at radius 1 is 0.967 bits per heavy atom. The normalized spacial score (nSPS) is 24.2. The lowest BCUT2D eigenvalue weighted by atomic mass is 9.76. The van der Waals surface area contributed by atoms with Crippen molar-refractivity contribution in [2.24, 2.45) is 23.5 Å². The third kappa shape index (κ3) is 11.5. The second-order valence-electron chi connectivity index (χ2n) is 17.4. The molecule has 0 spiro atoms. The molecule has 2 aromatic rings. The number of hydrogen-bond donors (Lipinski definition) is 7. The van der Waals surface area contributed by atoms with E-state index < -0.39 is 59.4 Å². The summed E-state index contributed by atoms with van der Waals surface area (Å²) in [5.74, 6) is -3.44. The van der Waals surface area contributed by atoms with Gasteiger partial charge in [0.1, 0.15) is 24.3 Å². The molecule has 60 heavy (non-hydrogen) atoms. The minimum atomic E-state index is -1.34. The number of benzene rings is 1. The Kier molecular flexibility index (Phi) is 15.3. The van der Waals surface area contributed by atoms with E-state index >= 15 is 0 Å². The molecule has 0 radical (unpaired) electrons. The maximum Gasteiger partial charge on any atom is 0.407 e. The predicted molar refractivity (Wildman–Crippen MR) is 218 cm³/mol. The highest BCUT2D eigenvalue weighted by Gasteiger charge is 2.47. The van der Waals surface area contributed by atoms with Crippen molar-refractivity contribution in [1.82, 2.24) is 46.7 Å². The molecule has 4 fully saturated rings. The summed E-state index contributed by atoms with van der Waals surface area (Å²) in [6.45, 7) is 4.18. The summed E-state index contributed by atoms with van der Waals surface area (Å²) in [5.41, 5.74) is 11.8. The van der Waals surface area contributed by atoms with Gasteiger partial charge < -0.3 is 36.4 Å². The first-order valence-corrected chi connectivity index (χ1v) is 21.6. The lowest BCUT2D eigenvalue weighted by Crippen LogP contribution is -2.57. The number of likely N-dealkylation sites (tertiary alicyclic amines) is 1. The fourth-order valence-corrected chi connectivity index (χ4v) is 9.40. The highest BCUT2D eigenvalue weighted by molar-refractivity contribution is 6.37. The van der Waals surface area contributed by atoms with Crippen LogP contribution in [0.15, 0.2) is 36.5 Å². The van der Waals surface area contributed by atoms with Crippen molar-refractivity contribution in [2.45, 2.75) is 140 Å². The Balaban J connectivity index is 1.17.